The van der Waals surface area contributed by atoms with E-state index in [2.05, 4.69) is 36.1 Å². The standard InChI is InChI=1S/C14H25N3O/c1-7-15-14-12(9(3)4)10(5)16-13(17-14)11(6)18-8-2/h9,11H,7-8H2,1-6H3,(H,15,16,17). The molecule has 0 fully saturated rings. The van der Waals surface area contributed by atoms with E-state index in [9.17, 15) is 0 Å². The Morgan fingerprint density at radius 3 is 2.33 bits per heavy atom. The maximum atomic E-state index is 5.56. The Balaban J connectivity index is 3.18. The lowest BCUT2D eigenvalue weighted by Crippen LogP contribution is -2.13. The van der Waals surface area contributed by atoms with Crippen LogP contribution in [0.4, 0.5) is 5.82 Å². The molecule has 0 spiro atoms. The molecule has 4 heteroatoms. The van der Waals surface area contributed by atoms with Gasteiger partial charge in [0.2, 0.25) is 0 Å². The molecule has 1 heterocycles. The van der Waals surface area contributed by atoms with E-state index >= 15 is 0 Å². The van der Waals surface area contributed by atoms with Gasteiger partial charge in [0.1, 0.15) is 11.9 Å². The molecule has 1 aromatic rings. The summed E-state index contributed by atoms with van der Waals surface area (Å²) in [5.74, 6) is 2.12. The summed E-state index contributed by atoms with van der Waals surface area (Å²) in [5.41, 5.74) is 2.24. The molecule has 0 aliphatic rings. The van der Waals surface area contributed by atoms with Crippen molar-refractivity contribution in [2.45, 2.75) is 53.6 Å². The summed E-state index contributed by atoms with van der Waals surface area (Å²) >= 11 is 0. The highest BCUT2D eigenvalue weighted by Crippen LogP contribution is 2.27. The molecule has 102 valence electrons. The summed E-state index contributed by atoms with van der Waals surface area (Å²) < 4.78 is 5.56. The second-order valence-corrected chi connectivity index (χ2v) is 4.71. The summed E-state index contributed by atoms with van der Waals surface area (Å²) in [4.78, 5) is 9.20. The van der Waals surface area contributed by atoms with Gasteiger partial charge in [0.15, 0.2) is 5.82 Å². The first kappa shape index (κ1) is 14.9. The van der Waals surface area contributed by atoms with Crippen molar-refractivity contribution in [3.63, 3.8) is 0 Å². The Hall–Kier alpha value is -1.16. The summed E-state index contributed by atoms with van der Waals surface area (Å²) in [5, 5.41) is 3.33. The van der Waals surface area contributed by atoms with Gasteiger partial charge in [0, 0.05) is 24.4 Å². The molecular weight excluding hydrogens is 226 g/mol. The lowest BCUT2D eigenvalue weighted by atomic mass is 10.0. The van der Waals surface area contributed by atoms with Crippen LogP contribution in [0.5, 0.6) is 0 Å². The minimum atomic E-state index is -0.0627. The van der Waals surface area contributed by atoms with Crippen molar-refractivity contribution in [2.24, 2.45) is 0 Å². The molecule has 1 rings (SSSR count). The number of hydrogen-bond acceptors (Lipinski definition) is 4. The van der Waals surface area contributed by atoms with Crippen molar-refractivity contribution in [1.82, 2.24) is 9.97 Å². The number of rotatable bonds is 6. The van der Waals surface area contributed by atoms with Crippen LogP contribution in [0.3, 0.4) is 0 Å². The van der Waals surface area contributed by atoms with Gasteiger partial charge in [0.05, 0.1) is 0 Å². The highest BCUT2D eigenvalue weighted by molar-refractivity contribution is 5.48. The fraction of sp³-hybridized carbons (Fsp3) is 0.714. The van der Waals surface area contributed by atoms with Crippen molar-refractivity contribution in [3.8, 4) is 0 Å². The number of ether oxygens (including phenoxy) is 1. The smallest absolute Gasteiger partial charge is 0.159 e. The quantitative estimate of drug-likeness (QED) is 0.841. The zero-order valence-electron chi connectivity index (χ0n) is 12.4. The van der Waals surface area contributed by atoms with Crippen LogP contribution in [0.2, 0.25) is 0 Å². The molecule has 0 aliphatic carbocycles. The van der Waals surface area contributed by atoms with Gasteiger partial charge in [-0.05, 0) is 33.6 Å². The van der Waals surface area contributed by atoms with Crippen LogP contribution in [0.1, 0.15) is 63.7 Å². The predicted molar refractivity (Wildman–Crippen MR) is 75.1 cm³/mol. The molecule has 0 radical (unpaired) electrons. The zero-order valence-corrected chi connectivity index (χ0v) is 12.4. The van der Waals surface area contributed by atoms with Crippen LogP contribution < -0.4 is 5.32 Å². The van der Waals surface area contributed by atoms with Gasteiger partial charge in [-0.1, -0.05) is 13.8 Å². The molecule has 0 saturated heterocycles. The molecule has 0 aliphatic heterocycles. The summed E-state index contributed by atoms with van der Waals surface area (Å²) in [7, 11) is 0. The predicted octanol–water partition coefficient (Wildman–Crippen LogP) is 3.44. The summed E-state index contributed by atoms with van der Waals surface area (Å²) in [6, 6.07) is 0. The van der Waals surface area contributed by atoms with Gasteiger partial charge in [-0.25, -0.2) is 9.97 Å². The van der Waals surface area contributed by atoms with Crippen LogP contribution in [0, 0.1) is 6.92 Å². The highest BCUT2D eigenvalue weighted by atomic mass is 16.5. The van der Waals surface area contributed by atoms with Gasteiger partial charge in [-0.15, -0.1) is 0 Å². The van der Waals surface area contributed by atoms with E-state index in [4.69, 9.17) is 4.74 Å². The van der Waals surface area contributed by atoms with Crippen molar-refractivity contribution >= 4 is 5.82 Å². The molecule has 0 aromatic carbocycles. The van der Waals surface area contributed by atoms with E-state index in [1.165, 1.54) is 5.56 Å². The lowest BCUT2D eigenvalue weighted by Gasteiger charge is -2.18. The van der Waals surface area contributed by atoms with Crippen molar-refractivity contribution in [3.05, 3.63) is 17.1 Å². The van der Waals surface area contributed by atoms with E-state index in [0.29, 0.717) is 12.5 Å². The van der Waals surface area contributed by atoms with Crippen LogP contribution in [0.25, 0.3) is 0 Å². The minimum Gasteiger partial charge on any atom is -0.371 e. The minimum absolute atomic E-state index is 0.0627. The average molecular weight is 251 g/mol. The first-order valence-electron chi connectivity index (χ1n) is 6.75. The van der Waals surface area contributed by atoms with E-state index in [1.807, 2.05) is 20.8 Å². The number of nitrogens with one attached hydrogen (secondary N) is 1. The summed E-state index contributed by atoms with van der Waals surface area (Å²) in [6.45, 7) is 14.0. The first-order valence-corrected chi connectivity index (χ1v) is 6.75. The number of anilines is 1. The SMILES string of the molecule is CCNc1nc(C(C)OCC)nc(C)c1C(C)C. The molecule has 18 heavy (non-hydrogen) atoms. The second-order valence-electron chi connectivity index (χ2n) is 4.71. The first-order chi connectivity index (χ1) is 8.51. The monoisotopic (exact) mass is 251 g/mol. The Bertz CT molecular complexity index is 391. The Kier molecular flexibility index (Phi) is 5.54. The van der Waals surface area contributed by atoms with E-state index in [0.717, 1.165) is 23.9 Å². The maximum Gasteiger partial charge on any atom is 0.159 e. The molecular formula is C14H25N3O. The van der Waals surface area contributed by atoms with Gasteiger partial charge in [-0.3, -0.25) is 0 Å². The largest absolute Gasteiger partial charge is 0.371 e. The van der Waals surface area contributed by atoms with Gasteiger partial charge >= 0.3 is 0 Å². The van der Waals surface area contributed by atoms with E-state index < -0.39 is 0 Å². The summed E-state index contributed by atoms with van der Waals surface area (Å²) in [6.07, 6.45) is -0.0627. The lowest BCUT2D eigenvalue weighted by molar-refractivity contribution is 0.0700. The second kappa shape index (κ2) is 6.69. The number of aryl methyl sites for hydroxylation is 1. The van der Waals surface area contributed by atoms with Crippen LogP contribution in [-0.2, 0) is 4.74 Å². The van der Waals surface area contributed by atoms with E-state index in [1.54, 1.807) is 0 Å². The normalized spacial score (nSPS) is 12.8. The number of aromatic nitrogens is 2. The van der Waals surface area contributed by atoms with Gasteiger partial charge in [0.25, 0.3) is 0 Å². The van der Waals surface area contributed by atoms with Crippen molar-refractivity contribution in [2.75, 3.05) is 18.5 Å². The molecule has 1 N–H and O–H groups in total. The van der Waals surface area contributed by atoms with Crippen molar-refractivity contribution < 1.29 is 4.74 Å². The van der Waals surface area contributed by atoms with Gasteiger partial charge in [-0.2, -0.15) is 0 Å². The fourth-order valence-corrected chi connectivity index (χ4v) is 2.10. The van der Waals surface area contributed by atoms with Crippen LogP contribution in [-0.4, -0.2) is 23.1 Å². The third kappa shape index (κ3) is 3.42. The van der Waals surface area contributed by atoms with E-state index in [-0.39, 0.29) is 6.10 Å². The molecule has 0 bridgehead atoms. The van der Waals surface area contributed by atoms with Crippen molar-refractivity contribution in [1.29, 1.82) is 0 Å². The molecule has 0 amide bonds. The third-order valence-electron chi connectivity index (χ3n) is 2.86. The molecule has 1 unspecified atom stereocenters. The zero-order chi connectivity index (χ0) is 13.7. The average Bonchev–Trinajstić information content (AvgIpc) is 2.28. The highest BCUT2D eigenvalue weighted by Gasteiger charge is 2.17. The van der Waals surface area contributed by atoms with Crippen LogP contribution >= 0.6 is 0 Å². The topological polar surface area (TPSA) is 47.0 Å². The third-order valence-corrected chi connectivity index (χ3v) is 2.86. The van der Waals surface area contributed by atoms with Crippen LogP contribution in [0.15, 0.2) is 0 Å². The number of nitrogens with zero attached hydrogens (tertiary/aromatic N) is 2. The Morgan fingerprint density at radius 2 is 1.83 bits per heavy atom. The molecule has 1 atom stereocenters. The molecule has 0 saturated carbocycles. The molecule has 4 nitrogen and oxygen atoms in total. The Labute approximate surface area is 110 Å². The number of hydrogen-bond donors (Lipinski definition) is 1. The molecule has 1 aromatic heterocycles. The van der Waals surface area contributed by atoms with Gasteiger partial charge < -0.3 is 10.1 Å². The fourth-order valence-electron chi connectivity index (χ4n) is 2.10. The Morgan fingerprint density at radius 1 is 1.17 bits per heavy atom. The maximum absolute atomic E-state index is 5.56.